The van der Waals surface area contributed by atoms with Crippen LogP contribution in [-0.4, -0.2) is 51.1 Å². The first kappa shape index (κ1) is 17.6. The fourth-order valence-corrected chi connectivity index (χ4v) is 3.26. The van der Waals surface area contributed by atoms with Crippen LogP contribution in [-0.2, 0) is 11.8 Å². The molecule has 0 radical (unpaired) electrons. The summed E-state index contributed by atoms with van der Waals surface area (Å²) in [5.41, 5.74) is 2.45. The van der Waals surface area contributed by atoms with Crippen molar-refractivity contribution < 1.29 is 18.4 Å². The Kier molecular flexibility index (Phi) is 4.75. The zero-order valence-corrected chi connectivity index (χ0v) is 17.8. The predicted octanol–water partition coefficient (Wildman–Crippen LogP) is 2.04. The van der Waals surface area contributed by atoms with Gasteiger partial charge in [-0.05, 0) is 31.4 Å². The van der Waals surface area contributed by atoms with Gasteiger partial charge in [0, 0.05) is 30.1 Å². The van der Waals surface area contributed by atoms with E-state index in [2.05, 4.69) is 31.0 Å². The minimum absolute atomic E-state index is 0.0709. The molecule has 2 amide bonds. The zero-order chi connectivity index (χ0) is 25.3. The number of anilines is 3. The molecule has 0 saturated heterocycles. The SMILES string of the molecule is [2H]C([2H])([2H])NC(=O)c1nnc(NC(=O)C2CC2)cc1Nc1ccc(C)c(-c2cnn(C)n2)c1OC. The lowest BCUT2D eigenvalue weighted by atomic mass is 10.0. The van der Waals surface area contributed by atoms with Gasteiger partial charge in [0.1, 0.15) is 5.69 Å². The van der Waals surface area contributed by atoms with Gasteiger partial charge in [-0.2, -0.15) is 15.0 Å². The van der Waals surface area contributed by atoms with Gasteiger partial charge in [-0.15, -0.1) is 10.2 Å². The normalized spacial score (nSPS) is 14.7. The van der Waals surface area contributed by atoms with Crippen LogP contribution in [0, 0.1) is 12.8 Å². The molecule has 1 saturated carbocycles. The monoisotopic (exact) mass is 439 g/mol. The van der Waals surface area contributed by atoms with Crippen LogP contribution in [0.25, 0.3) is 11.3 Å². The van der Waals surface area contributed by atoms with Crippen molar-refractivity contribution >= 4 is 29.0 Å². The maximum atomic E-state index is 12.7. The molecule has 1 fully saturated rings. The van der Waals surface area contributed by atoms with Crippen molar-refractivity contribution in [2.75, 3.05) is 24.7 Å². The van der Waals surface area contributed by atoms with Crippen LogP contribution in [0.3, 0.4) is 0 Å². The largest absolute Gasteiger partial charge is 0.494 e. The summed E-state index contributed by atoms with van der Waals surface area (Å²) in [4.78, 5) is 26.3. The first-order valence-electron chi connectivity index (χ1n) is 11.4. The van der Waals surface area contributed by atoms with Crippen molar-refractivity contribution in [3.63, 3.8) is 0 Å². The van der Waals surface area contributed by atoms with Gasteiger partial charge in [-0.1, -0.05) is 6.07 Å². The van der Waals surface area contributed by atoms with Gasteiger partial charge in [0.25, 0.3) is 5.91 Å². The average molecular weight is 439 g/mol. The number of ether oxygens (including phenoxy) is 1. The summed E-state index contributed by atoms with van der Waals surface area (Å²) in [5, 5.41) is 23.9. The standard InChI is InChI=1S/C21H24N8O3/c1-11-5-8-13(19(32-4)17(11)15-10-23-29(3)28-15)24-14-9-16(25-20(30)12-6-7-12)26-27-18(14)21(31)22-2/h5,8-10,12H,6-7H2,1-4H3,(H,22,31)(H2,24,25,26,30)/i2D3. The first-order valence-corrected chi connectivity index (χ1v) is 9.88. The molecular weight excluding hydrogens is 412 g/mol. The number of methoxy groups -OCH3 is 1. The molecular formula is C21H24N8O3. The van der Waals surface area contributed by atoms with E-state index in [9.17, 15) is 9.59 Å². The van der Waals surface area contributed by atoms with E-state index in [0.29, 0.717) is 22.7 Å². The molecule has 0 spiro atoms. The molecule has 166 valence electrons. The van der Waals surface area contributed by atoms with Crippen molar-refractivity contribution in [2.24, 2.45) is 13.0 Å². The van der Waals surface area contributed by atoms with E-state index >= 15 is 0 Å². The third-order valence-electron chi connectivity index (χ3n) is 5.02. The molecule has 11 heteroatoms. The third kappa shape index (κ3) is 4.22. The second kappa shape index (κ2) is 8.61. The van der Waals surface area contributed by atoms with Gasteiger partial charge in [-0.3, -0.25) is 9.59 Å². The van der Waals surface area contributed by atoms with Gasteiger partial charge in [0.05, 0.1) is 30.2 Å². The smallest absolute Gasteiger partial charge is 0.273 e. The number of benzene rings is 1. The van der Waals surface area contributed by atoms with Gasteiger partial charge in [0.2, 0.25) is 5.91 Å². The van der Waals surface area contributed by atoms with Crippen LogP contribution < -0.4 is 20.7 Å². The second-order valence-electron chi connectivity index (χ2n) is 7.39. The highest BCUT2D eigenvalue weighted by molar-refractivity contribution is 6.00. The Morgan fingerprint density at radius 3 is 2.72 bits per heavy atom. The lowest BCUT2D eigenvalue weighted by molar-refractivity contribution is -0.117. The molecule has 4 rings (SSSR count). The molecule has 1 aliphatic carbocycles. The molecule has 1 aromatic carbocycles. The third-order valence-corrected chi connectivity index (χ3v) is 5.02. The van der Waals surface area contributed by atoms with Gasteiger partial charge in [0.15, 0.2) is 17.3 Å². The van der Waals surface area contributed by atoms with Crippen LogP contribution in [0.4, 0.5) is 17.2 Å². The van der Waals surface area contributed by atoms with Gasteiger partial charge < -0.3 is 20.7 Å². The van der Waals surface area contributed by atoms with Gasteiger partial charge in [-0.25, -0.2) is 0 Å². The van der Waals surface area contributed by atoms with Crippen LogP contribution in [0.2, 0.25) is 0 Å². The first-order chi connectivity index (χ1) is 16.6. The molecule has 3 N–H and O–H groups in total. The van der Waals surface area contributed by atoms with Crippen molar-refractivity contribution in [2.45, 2.75) is 19.8 Å². The number of nitrogens with one attached hydrogen (secondary N) is 3. The van der Waals surface area contributed by atoms with Crippen molar-refractivity contribution in [3.8, 4) is 17.0 Å². The Labute approximate surface area is 188 Å². The fourth-order valence-electron chi connectivity index (χ4n) is 3.26. The van der Waals surface area contributed by atoms with E-state index in [4.69, 9.17) is 8.85 Å². The molecule has 2 heterocycles. The Hall–Kier alpha value is -4.02. The number of aromatic nitrogens is 5. The zero-order valence-electron chi connectivity index (χ0n) is 20.8. The second-order valence-corrected chi connectivity index (χ2v) is 7.39. The van der Waals surface area contributed by atoms with Crippen molar-refractivity contribution in [3.05, 3.63) is 35.7 Å². The summed E-state index contributed by atoms with van der Waals surface area (Å²) in [6, 6.07) is 4.99. The number of rotatable bonds is 7. The number of amides is 2. The van der Waals surface area contributed by atoms with Crippen LogP contribution in [0.15, 0.2) is 24.4 Å². The maximum absolute atomic E-state index is 12.7. The maximum Gasteiger partial charge on any atom is 0.273 e. The number of nitrogens with zero attached hydrogens (tertiary/aromatic N) is 5. The van der Waals surface area contributed by atoms with Gasteiger partial charge >= 0.3 is 0 Å². The van der Waals surface area contributed by atoms with Crippen molar-refractivity contribution in [1.82, 2.24) is 30.5 Å². The number of hydrogen-bond acceptors (Lipinski definition) is 8. The van der Waals surface area contributed by atoms with E-state index in [0.717, 1.165) is 18.4 Å². The Bertz CT molecular complexity index is 1290. The molecule has 11 nitrogen and oxygen atoms in total. The lowest BCUT2D eigenvalue weighted by Crippen LogP contribution is -2.22. The summed E-state index contributed by atoms with van der Waals surface area (Å²) in [7, 11) is 3.19. The Morgan fingerprint density at radius 1 is 1.25 bits per heavy atom. The predicted molar refractivity (Wildman–Crippen MR) is 118 cm³/mol. The Balaban J connectivity index is 1.75. The highest BCUT2D eigenvalue weighted by atomic mass is 16.5. The van der Waals surface area contributed by atoms with E-state index in [1.807, 2.05) is 18.3 Å². The molecule has 0 atom stereocenters. The summed E-state index contributed by atoms with van der Waals surface area (Å²) < 4.78 is 27.7. The number of carbonyl (C=O) groups is 2. The molecule has 0 unspecified atom stereocenters. The van der Waals surface area contributed by atoms with Crippen molar-refractivity contribution in [1.29, 1.82) is 0 Å². The minimum atomic E-state index is -2.73. The highest BCUT2D eigenvalue weighted by Crippen LogP contribution is 2.40. The fraction of sp³-hybridized carbons (Fsp3) is 0.333. The summed E-state index contributed by atoms with van der Waals surface area (Å²) in [6.45, 7) is -0.833. The lowest BCUT2D eigenvalue weighted by Gasteiger charge is -2.17. The number of hydrogen-bond donors (Lipinski definition) is 3. The molecule has 0 aliphatic heterocycles. The summed E-state index contributed by atoms with van der Waals surface area (Å²) >= 11 is 0. The molecule has 1 aliphatic rings. The Morgan fingerprint density at radius 2 is 2.06 bits per heavy atom. The molecule has 32 heavy (non-hydrogen) atoms. The van der Waals surface area contributed by atoms with E-state index in [-0.39, 0.29) is 29.0 Å². The number of carbonyl (C=O) groups excluding carboxylic acids is 2. The van der Waals surface area contributed by atoms with E-state index in [1.54, 1.807) is 19.3 Å². The quantitative estimate of drug-likeness (QED) is 0.509. The highest BCUT2D eigenvalue weighted by Gasteiger charge is 2.30. The topological polar surface area (TPSA) is 136 Å². The van der Waals surface area contributed by atoms with Crippen LogP contribution >= 0.6 is 0 Å². The number of aryl methyl sites for hydroxylation is 2. The van der Waals surface area contributed by atoms with Crippen LogP contribution in [0.5, 0.6) is 5.75 Å². The average Bonchev–Trinajstić information content (AvgIpc) is 3.55. The minimum Gasteiger partial charge on any atom is -0.494 e. The van der Waals surface area contributed by atoms with E-state index < -0.39 is 12.9 Å². The molecule has 3 aromatic rings. The molecule has 2 aromatic heterocycles. The van der Waals surface area contributed by atoms with E-state index in [1.165, 1.54) is 18.0 Å². The summed E-state index contributed by atoms with van der Waals surface area (Å²) in [5.74, 6) is -0.676. The molecule has 0 bridgehead atoms. The van der Waals surface area contributed by atoms with Crippen LogP contribution in [0.1, 0.15) is 33.0 Å². The summed E-state index contributed by atoms with van der Waals surface area (Å²) in [6.07, 6.45) is 3.20.